The van der Waals surface area contributed by atoms with E-state index >= 15 is 0 Å². The van der Waals surface area contributed by atoms with Gasteiger partial charge in [0.15, 0.2) is 28.9 Å². The Morgan fingerprint density at radius 2 is 0.634 bits per heavy atom. The van der Waals surface area contributed by atoms with Crippen LogP contribution in [-0.2, 0) is 83.2 Å². The molecule has 3 unspecified atom stereocenters. The Kier molecular flexibility index (Phi) is 21.3. The molecule has 5 aromatic carbocycles. The van der Waals surface area contributed by atoms with Crippen LogP contribution in [0.25, 0.3) is 0 Å². The normalized spacial score (nSPS) is 24.9. The van der Waals surface area contributed by atoms with Crippen LogP contribution in [0.15, 0.2) is 208 Å². The van der Waals surface area contributed by atoms with Crippen molar-refractivity contribution in [1.29, 1.82) is 10.5 Å². The molecule has 630 valence electrons. The molecule has 10 aliphatic carbocycles. The van der Waals surface area contributed by atoms with E-state index in [1.54, 1.807) is 12.1 Å². The second-order valence-electron chi connectivity index (χ2n) is 41.1. The van der Waals surface area contributed by atoms with Gasteiger partial charge in [0, 0.05) is 165 Å². The predicted molar refractivity (Wildman–Crippen MR) is 475 cm³/mol. The number of aromatic amines is 5. The molecule has 5 heterocycles. The lowest BCUT2D eigenvalue weighted by atomic mass is 9.57. The third kappa shape index (κ3) is 14.7. The molecule has 0 fully saturated rings. The van der Waals surface area contributed by atoms with Gasteiger partial charge < -0.3 is 0 Å². The van der Waals surface area contributed by atoms with Crippen LogP contribution in [0.3, 0.4) is 0 Å². The highest BCUT2D eigenvalue weighted by atomic mass is 19.1. The first-order valence-corrected chi connectivity index (χ1v) is 43.5. The molecule has 0 bridgehead atoms. The smallest absolute Gasteiger partial charge is 0.237 e. The summed E-state index contributed by atoms with van der Waals surface area (Å²) in [6.45, 7) is 36.4. The summed E-state index contributed by atoms with van der Waals surface area (Å²) in [6, 6.07) is 46.7. The zero-order valence-corrected chi connectivity index (χ0v) is 74.3. The third-order valence-electron chi connectivity index (χ3n) is 28.6. The number of carbonyl (C=O) groups is 5. The number of nitrogens with one attached hydrogen (secondary N) is 5. The summed E-state index contributed by atoms with van der Waals surface area (Å²) in [4.78, 5) is 65.9. The minimum atomic E-state index is -0.792. The third-order valence-corrected chi connectivity index (χ3v) is 28.6. The van der Waals surface area contributed by atoms with Crippen molar-refractivity contribution in [3.63, 3.8) is 0 Å². The number of nitriles is 2. The van der Waals surface area contributed by atoms with E-state index in [0.29, 0.717) is 66.8 Å². The molecule has 0 aliphatic heterocycles. The maximum Gasteiger partial charge on any atom is 0.237 e. The van der Waals surface area contributed by atoms with Crippen LogP contribution >= 0.6 is 0 Å². The Balaban J connectivity index is 0.000000114. The molecule has 17 nitrogen and oxygen atoms in total. The van der Waals surface area contributed by atoms with Crippen molar-refractivity contribution in [2.75, 3.05) is 0 Å². The number of fused-ring (bicyclic) bond motifs is 5. The molecule has 5 aromatic heterocycles. The van der Waals surface area contributed by atoms with Crippen molar-refractivity contribution >= 4 is 28.9 Å². The quantitative estimate of drug-likeness (QED) is 0.104. The van der Waals surface area contributed by atoms with Crippen LogP contribution in [0.4, 0.5) is 4.39 Å². The van der Waals surface area contributed by atoms with E-state index in [0.717, 1.165) is 159 Å². The van der Waals surface area contributed by atoms with Crippen molar-refractivity contribution in [3.05, 3.63) is 320 Å². The van der Waals surface area contributed by atoms with Crippen LogP contribution in [0.1, 0.15) is 281 Å². The number of hydrogen-bond donors (Lipinski definition) is 5. The fourth-order valence-corrected chi connectivity index (χ4v) is 23.7. The summed E-state index contributed by atoms with van der Waals surface area (Å²) in [5.41, 5.74) is 27.2. The Morgan fingerprint density at radius 1 is 0.341 bits per heavy atom. The molecular weight excluding hydrogens is 1530 g/mol. The maximum atomic E-state index is 14.7. The van der Waals surface area contributed by atoms with Gasteiger partial charge in [-0.25, -0.2) is 0 Å². The van der Waals surface area contributed by atoms with Crippen molar-refractivity contribution in [2.45, 2.75) is 248 Å². The molecule has 0 spiro atoms. The van der Waals surface area contributed by atoms with Gasteiger partial charge in [-0.1, -0.05) is 218 Å². The number of aromatic nitrogens is 10. The summed E-state index contributed by atoms with van der Waals surface area (Å²) in [5.74, 6) is 0.714. The second kappa shape index (κ2) is 30.9. The largest absolute Gasteiger partial charge is 0.294 e. The van der Waals surface area contributed by atoms with E-state index < -0.39 is 27.6 Å². The molecule has 10 aliphatic rings. The molecule has 123 heavy (non-hydrogen) atoms. The first-order valence-electron chi connectivity index (χ1n) is 43.5. The molecule has 0 saturated carbocycles. The molecule has 0 saturated heterocycles. The summed E-state index contributed by atoms with van der Waals surface area (Å²) in [7, 11) is 0. The van der Waals surface area contributed by atoms with Gasteiger partial charge >= 0.3 is 0 Å². The highest BCUT2D eigenvalue weighted by Crippen LogP contribution is 2.59. The number of Topliss-reactive ketones (excluding diaryl/α,β-unsaturated/α-hetero) is 5. The minimum absolute atomic E-state index is 0.0111. The predicted octanol–water partition coefficient (Wildman–Crippen LogP) is 20.7. The van der Waals surface area contributed by atoms with Gasteiger partial charge in [0.1, 0.15) is 0 Å². The van der Waals surface area contributed by atoms with Crippen LogP contribution in [0.2, 0.25) is 0 Å². The number of allylic oxidation sites excluding steroid dienone is 10. The fraction of sp³-hybridized carbons (Fsp3) is 0.410. The van der Waals surface area contributed by atoms with E-state index in [-0.39, 0.29) is 49.8 Å². The maximum absolute atomic E-state index is 14.7. The van der Waals surface area contributed by atoms with Gasteiger partial charge in [-0.3, -0.25) is 49.5 Å². The molecule has 0 radical (unpaired) electrons. The highest BCUT2D eigenvalue weighted by Gasteiger charge is 2.55. The average Bonchev–Trinajstić information content (AvgIpc) is 1.72. The van der Waals surface area contributed by atoms with Crippen molar-refractivity contribution in [3.8, 4) is 12.1 Å². The number of hydrogen-bond acceptors (Lipinski definition) is 12. The average molecular weight is 1640 g/mol. The van der Waals surface area contributed by atoms with E-state index in [9.17, 15) is 38.9 Å². The standard InChI is InChI=1S/C21H23FN2O.2C21H21N3O.2C21H24N2O/c1-12-6-5-7-14(8-12)21(4)17-13(10-20(2,3)11-16(17)25)9-15-18(21)19(22)24-23-15;2*1-20(2)9-14-8-17-16(12-23-24-17)21(3,19(14)18(25)10-20)15-6-4-5-13(7-15)11-22;1-13-6-5-7-15(8-13)21(4)16-12-22-23-17(16)9-14-10-20(2,3)11-18(24)19(14)21;1-4-21(15-8-6-5-7-9-15)16-13-22-23-17(16)10-14-11-20(2,3)12-18(24)19(14)21/h5-8H,9-11H2,1-4H3,(H,23,24);2*4-7,12H,8-10H2,1-3H3,(H,23,24);5-8,12H,9-11H2,1-4H3,(H,22,23);5-9,13H,4,10-12H2,1-3H3,(H,22,23)/t;21-;;21-;/m.0.0./s1. The van der Waals surface area contributed by atoms with E-state index in [1.807, 2.05) is 99.3 Å². The van der Waals surface area contributed by atoms with Crippen LogP contribution < -0.4 is 0 Å². The molecule has 5 atom stereocenters. The summed E-state index contributed by atoms with van der Waals surface area (Å²) >= 11 is 0. The second-order valence-corrected chi connectivity index (χ2v) is 41.1. The lowest BCUT2D eigenvalue weighted by molar-refractivity contribution is -0.119. The van der Waals surface area contributed by atoms with Gasteiger partial charge in [-0.15, -0.1) is 5.10 Å². The van der Waals surface area contributed by atoms with Crippen LogP contribution in [0, 0.1) is 69.5 Å². The van der Waals surface area contributed by atoms with Gasteiger partial charge in [0.25, 0.3) is 0 Å². The Hall–Kier alpha value is -11.9. The zero-order valence-electron chi connectivity index (χ0n) is 74.3. The Labute approximate surface area is 721 Å². The molecule has 20 rings (SSSR count). The van der Waals surface area contributed by atoms with Crippen LogP contribution in [0.5, 0.6) is 0 Å². The summed E-state index contributed by atoms with van der Waals surface area (Å²) in [6.07, 6.45) is 19.7. The first-order chi connectivity index (χ1) is 58.2. The number of H-pyrrole nitrogens is 5. The minimum Gasteiger partial charge on any atom is -0.294 e. The van der Waals surface area contributed by atoms with E-state index in [4.69, 9.17) is 0 Å². The monoisotopic (exact) mass is 1640 g/mol. The van der Waals surface area contributed by atoms with E-state index in [2.05, 4.69) is 222 Å². The summed E-state index contributed by atoms with van der Waals surface area (Å²) in [5, 5.41) is 55.1. The number of nitrogens with zero attached hydrogens (tertiary/aromatic N) is 7. The number of ketones is 5. The van der Waals surface area contributed by atoms with Gasteiger partial charge in [0.2, 0.25) is 5.95 Å². The molecule has 5 N–H and O–H groups in total. The van der Waals surface area contributed by atoms with Gasteiger partial charge in [0.05, 0.1) is 58.9 Å². The summed E-state index contributed by atoms with van der Waals surface area (Å²) < 4.78 is 14.7. The molecular formula is C105H113FN12O5. The number of aryl methyl sites for hydroxylation is 2. The van der Waals surface area contributed by atoms with Crippen molar-refractivity contribution < 1.29 is 28.4 Å². The Morgan fingerprint density at radius 3 is 0.984 bits per heavy atom. The number of carbonyl (C=O) groups excluding carboxylic acids is 5. The lowest BCUT2D eigenvalue weighted by Gasteiger charge is -2.45. The molecule has 10 aromatic rings. The highest BCUT2D eigenvalue weighted by molar-refractivity contribution is 6.05. The number of halogens is 1. The lowest BCUT2D eigenvalue weighted by Crippen LogP contribution is -2.42. The molecule has 18 heteroatoms. The number of rotatable bonds is 6. The van der Waals surface area contributed by atoms with Crippen molar-refractivity contribution in [1.82, 2.24) is 51.0 Å². The number of benzene rings is 5. The first kappa shape index (κ1) is 84.7. The van der Waals surface area contributed by atoms with Gasteiger partial charge in [-0.05, 0) is 159 Å². The Bertz CT molecular complexity index is 6130. The van der Waals surface area contributed by atoms with Gasteiger partial charge in [-0.2, -0.15) is 35.3 Å². The van der Waals surface area contributed by atoms with Crippen molar-refractivity contribution in [2.24, 2.45) is 27.1 Å². The molecule has 0 amide bonds. The fourth-order valence-electron chi connectivity index (χ4n) is 23.7. The SMILES string of the molecule is CC1(C)CC(=O)C2=C(Cc3[nH]ncc3C2(C)c2cccc(C#N)c2)C1.CC1(C)CC(=O)C2=C(Cc3[nH]ncc3[C@]2(C)c2cccc(C#N)c2)C1.CCC1(c2ccccc2)C2=C(Cc3[nH]ncc31)CC(C)(C)CC2=O.Cc1cccc(C2(C)C3=C(Cc4[nH]nc(F)c42)CC(C)(C)CC3=O)c1.Cc1cccc([C@]2(C)C3=C(Cc4[nH]ncc42)CC(C)(C)CC3=O)c1. The van der Waals surface area contributed by atoms with Crippen LogP contribution in [-0.4, -0.2) is 79.9 Å². The zero-order chi connectivity index (χ0) is 87.7. The topological polar surface area (TPSA) is 276 Å². The van der Waals surface area contributed by atoms with E-state index in [1.165, 1.54) is 50.2 Å².